The SMILES string of the molecule is CNC(=O)C(c1ccccc1)N(CCCc1ccc(C)nn1)c1ccc(F)c(C)c1. The summed E-state index contributed by atoms with van der Waals surface area (Å²) >= 11 is 0. The summed E-state index contributed by atoms with van der Waals surface area (Å²) in [5.41, 5.74) is 4.03. The van der Waals surface area contributed by atoms with Gasteiger partial charge in [0.1, 0.15) is 11.9 Å². The van der Waals surface area contributed by atoms with Crippen molar-refractivity contribution in [2.24, 2.45) is 0 Å². The summed E-state index contributed by atoms with van der Waals surface area (Å²) in [6.45, 7) is 4.24. The van der Waals surface area contributed by atoms with E-state index >= 15 is 0 Å². The standard InChI is InChI=1S/C24H27FN4O/c1-17-16-21(13-14-22(17)25)29(15-7-10-20-12-11-18(2)27-28-20)23(24(30)26-3)19-8-5-4-6-9-19/h4-6,8-9,11-14,16,23H,7,10,15H2,1-3H3,(H,26,30). The monoisotopic (exact) mass is 406 g/mol. The second-order valence-corrected chi connectivity index (χ2v) is 7.32. The lowest BCUT2D eigenvalue weighted by atomic mass is 10.0. The van der Waals surface area contributed by atoms with E-state index in [4.69, 9.17) is 0 Å². The van der Waals surface area contributed by atoms with E-state index < -0.39 is 6.04 Å². The molecule has 0 aliphatic heterocycles. The highest BCUT2D eigenvalue weighted by molar-refractivity contribution is 5.86. The van der Waals surface area contributed by atoms with Crippen LogP contribution in [-0.4, -0.2) is 29.7 Å². The number of carbonyl (C=O) groups is 1. The van der Waals surface area contributed by atoms with E-state index in [1.807, 2.05) is 54.3 Å². The topological polar surface area (TPSA) is 58.1 Å². The zero-order chi connectivity index (χ0) is 21.5. The first-order chi connectivity index (χ1) is 14.5. The molecule has 0 saturated carbocycles. The number of nitrogens with one attached hydrogen (secondary N) is 1. The Labute approximate surface area is 177 Å². The molecule has 0 radical (unpaired) electrons. The maximum absolute atomic E-state index is 13.9. The highest BCUT2D eigenvalue weighted by atomic mass is 19.1. The Bertz CT molecular complexity index is 976. The van der Waals surface area contributed by atoms with Gasteiger partial charge in [-0.3, -0.25) is 4.79 Å². The van der Waals surface area contributed by atoms with Gasteiger partial charge in [-0.25, -0.2) is 4.39 Å². The molecule has 0 saturated heterocycles. The van der Waals surface area contributed by atoms with Gasteiger partial charge in [-0.2, -0.15) is 10.2 Å². The molecule has 3 aromatic rings. The molecular formula is C24H27FN4O. The Morgan fingerprint density at radius 2 is 1.83 bits per heavy atom. The average molecular weight is 407 g/mol. The minimum atomic E-state index is -0.523. The van der Waals surface area contributed by atoms with Crippen LogP contribution in [0.5, 0.6) is 0 Å². The predicted molar refractivity (Wildman–Crippen MR) is 117 cm³/mol. The Morgan fingerprint density at radius 3 is 2.47 bits per heavy atom. The number of nitrogens with zero attached hydrogens (tertiary/aromatic N) is 3. The number of carbonyl (C=O) groups excluding carboxylic acids is 1. The van der Waals surface area contributed by atoms with E-state index in [0.717, 1.165) is 35.5 Å². The van der Waals surface area contributed by atoms with Gasteiger partial charge >= 0.3 is 0 Å². The molecule has 3 rings (SSSR count). The zero-order valence-corrected chi connectivity index (χ0v) is 17.6. The maximum Gasteiger partial charge on any atom is 0.247 e. The van der Waals surface area contributed by atoms with E-state index in [1.165, 1.54) is 6.07 Å². The van der Waals surface area contributed by atoms with Gasteiger partial charge in [-0.15, -0.1) is 0 Å². The van der Waals surface area contributed by atoms with Gasteiger partial charge in [0, 0.05) is 19.3 Å². The van der Waals surface area contributed by atoms with Crippen LogP contribution in [-0.2, 0) is 11.2 Å². The lowest BCUT2D eigenvalue weighted by molar-refractivity contribution is -0.122. The molecular weight excluding hydrogens is 379 g/mol. The first kappa shape index (κ1) is 21.4. The molecule has 0 fully saturated rings. The fourth-order valence-corrected chi connectivity index (χ4v) is 3.45. The number of aryl methyl sites for hydroxylation is 3. The summed E-state index contributed by atoms with van der Waals surface area (Å²) in [7, 11) is 1.63. The number of benzene rings is 2. The number of amides is 1. The first-order valence-electron chi connectivity index (χ1n) is 10.1. The minimum absolute atomic E-state index is 0.113. The fourth-order valence-electron chi connectivity index (χ4n) is 3.45. The lowest BCUT2D eigenvalue weighted by Gasteiger charge is -2.33. The summed E-state index contributed by atoms with van der Waals surface area (Å²) in [6.07, 6.45) is 1.51. The average Bonchev–Trinajstić information content (AvgIpc) is 2.76. The molecule has 0 aliphatic rings. The van der Waals surface area contributed by atoms with Crippen molar-refractivity contribution in [1.29, 1.82) is 0 Å². The lowest BCUT2D eigenvalue weighted by Crippen LogP contribution is -2.40. The molecule has 6 heteroatoms. The second kappa shape index (κ2) is 9.96. The molecule has 1 N–H and O–H groups in total. The molecule has 1 amide bonds. The smallest absolute Gasteiger partial charge is 0.247 e. The number of likely N-dealkylation sites (N-methyl/N-ethyl adjacent to an activating group) is 1. The van der Waals surface area contributed by atoms with Gasteiger partial charge in [-0.05, 0) is 68.1 Å². The van der Waals surface area contributed by atoms with Gasteiger partial charge in [-0.1, -0.05) is 30.3 Å². The molecule has 30 heavy (non-hydrogen) atoms. The van der Waals surface area contributed by atoms with Gasteiger partial charge in [0.25, 0.3) is 0 Å². The van der Waals surface area contributed by atoms with E-state index in [9.17, 15) is 9.18 Å². The summed E-state index contributed by atoms with van der Waals surface area (Å²) in [5.74, 6) is -0.372. The zero-order valence-electron chi connectivity index (χ0n) is 17.6. The number of hydrogen-bond acceptors (Lipinski definition) is 4. The van der Waals surface area contributed by atoms with E-state index in [1.54, 1.807) is 26.1 Å². The number of anilines is 1. The van der Waals surface area contributed by atoms with Crippen molar-refractivity contribution in [2.45, 2.75) is 32.7 Å². The van der Waals surface area contributed by atoms with Crippen LogP contribution in [0.4, 0.5) is 10.1 Å². The summed E-state index contributed by atoms with van der Waals surface area (Å²) in [5, 5.41) is 11.1. The van der Waals surface area contributed by atoms with Crippen LogP contribution in [0.2, 0.25) is 0 Å². The Kier molecular flexibility index (Phi) is 7.12. The molecule has 1 unspecified atom stereocenters. The van der Waals surface area contributed by atoms with Crippen LogP contribution >= 0.6 is 0 Å². The molecule has 0 spiro atoms. The molecule has 0 aliphatic carbocycles. The van der Waals surface area contributed by atoms with Gasteiger partial charge in [0.15, 0.2) is 0 Å². The third-order valence-corrected chi connectivity index (χ3v) is 5.08. The van der Waals surface area contributed by atoms with Crippen LogP contribution < -0.4 is 10.2 Å². The molecule has 156 valence electrons. The van der Waals surface area contributed by atoms with Gasteiger partial charge in [0.2, 0.25) is 5.91 Å². The maximum atomic E-state index is 13.9. The van der Waals surface area contributed by atoms with E-state index in [0.29, 0.717) is 12.1 Å². The number of rotatable bonds is 8. The highest BCUT2D eigenvalue weighted by Gasteiger charge is 2.27. The third-order valence-electron chi connectivity index (χ3n) is 5.08. The van der Waals surface area contributed by atoms with Crippen molar-refractivity contribution >= 4 is 11.6 Å². The van der Waals surface area contributed by atoms with Gasteiger partial charge in [0.05, 0.1) is 11.4 Å². The second-order valence-electron chi connectivity index (χ2n) is 7.32. The number of aromatic nitrogens is 2. The molecule has 1 aromatic heterocycles. The van der Waals surface area contributed by atoms with Crippen molar-refractivity contribution in [1.82, 2.24) is 15.5 Å². The van der Waals surface area contributed by atoms with Crippen LogP contribution in [0.15, 0.2) is 60.7 Å². The molecule has 1 atom stereocenters. The summed E-state index contributed by atoms with van der Waals surface area (Å²) in [6, 6.07) is 18.0. The molecule has 2 aromatic carbocycles. The van der Waals surface area contributed by atoms with Gasteiger partial charge < -0.3 is 10.2 Å². The Balaban J connectivity index is 1.91. The first-order valence-corrected chi connectivity index (χ1v) is 10.1. The van der Waals surface area contributed by atoms with Crippen LogP contribution in [0.3, 0.4) is 0 Å². The van der Waals surface area contributed by atoms with Crippen molar-refractivity contribution in [2.75, 3.05) is 18.5 Å². The third kappa shape index (κ3) is 5.20. The summed E-state index contributed by atoms with van der Waals surface area (Å²) in [4.78, 5) is 14.9. The number of halogens is 1. The minimum Gasteiger partial charge on any atom is -0.357 e. The molecule has 1 heterocycles. The fraction of sp³-hybridized carbons (Fsp3) is 0.292. The molecule has 0 bridgehead atoms. The van der Waals surface area contributed by atoms with Crippen LogP contribution in [0.25, 0.3) is 0 Å². The Hall–Kier alpha value is -3.28. The largest absolute Gasteiger partial charge is 0.357 e. The van der Waals surface area contributed by atoms with E-state index in [-0.39, 0.29) is 11.7 Å². The van der Waals surface area contributed by atoms with E-state index in [2.05, 4.69) is 15.5 Å². The summed E-state index contributed by atoms with van der Waals surface area (Å²) < 4.78 is 13.9. The van der Waals surface area contributed by atoms with Crippen molar-refractivity contribution < 1.29 is 9.18 Å². The Morgan fingerprint density at radius 1 is 1.07 bits per heavy atom. The highest BCUT2D eigenvalue weighted by Crippen LogP contribution is 2.29. The quantitative estimate of drug-likeness (QED) is 0.610. The molecule has 5 nitrogen and oxygen atoms in total. The van der Waals surface area contributed by atoms with Crippen LogP contribution in [0, 0.1) is 19.7 Å². The predicted octanol–water partition coefficient (Wildman–Crippen LogP) is 4.16. The van der Waals surface area contributed by atoms with Crippen LogP contribution in [0.1, 0.15) is 35.0 Å². The van der Waals surface area contributed by atoms with Crippen molar-refractivity contribution in [3.8, 4) is 0 Å². The number of hydrogen-bond donors (Lipinski definition) is 1. The van der Waals surface area contributed by atoms with Crippen molar-refractivity contribution in [3.05, 3.63) is 89.0 Å². The van der Waals surface area contributed by atoms with Crippen molar-refractivity contribution in [3.63, 3.8) is 0 Å². The normalized spacial score (nSPS) is 11.7.